The molecule has 0 aromatic heterocycles. The maximum absolute atomic E-state index is 13.3. The van der Waals surface area contributed by atoms with Crippen LogP contribution in [0.15, 0.2) is 0 Å². The minimum atomic E-state index is -2.66. The van der Waals surface area contributed by atoms with Crippen molar-refractivity contribution >= 4 is 0 Å². The number of rotatable bonds is 1. The van der Waals surface area contributed by atoms with E-state index in [0.29, 0.717) is 6.54 Å². The van der Waals surface area contributed by atoms with Gasteiger partial charge in [-0.3, -0.25) is 4.90 Å². The summed E-state index contributed by atoms with van der Waals surface area (Å²) < 4.78 is 26.5. The molecule has 4 heteroatoms. The lowest BCUT2D eigenvalue weighted by molar-refractivity contribution is -0.0356. The normalized spacial score (nSPS) is 34.5. The molecule has 1 aliphatic rings. The van der Waals surface area contributed by atoms with Gasteiger partial charge >= 0.3 is 0 Å². The van der Waals surface area contributed by atoms with E-state index < -0.39 is 11.5 Å². The molecule has 0 radical (unpaired) electrons. The second-order valence-electron chi connectivity index (χ2n) is 4.85. The molecular weight excluding hydrogens is 188 g/mol. The minimum absolute atomic E-state index is 0.0467. The quantitative estimate of drug-likeness (QED) is 0.709. The second-order valence-corrected chi connectivity index (χ2v) is 4.85. The van der Waals surface area contributed by atoms with Crippen molar-refractivity contribution in [2.45, 2.75) is 51.2 Å². The molecule has 0 saturated carbocycles. The Balaban J connectivity index is 2.76. The van der Waals surface area contributed by atoms with Gasteiger partial charge in [0, 0.05) is 19.0 Å². The van der Waals surface area contributed by atoms with Crippen LogP contribution in [0.5, 0.6) is 0 Å². The number of β-amino-alcohol motifs (C(OH)–C–C–N with tert-alkyl or cyclic N) is 1. The molecule has 0 aromatic carbocycles. The molecule has 14 heavy (non-hydrogen) atoms. The first-order chi connectivity index (χ1) is 6.22. The lowest BCUT2D eigenvalue weighted by Crippen LogP contribution is -2.44. The summed E-state index contributed by atoms with van der Waals surface area (Å²) in [4.78, 5) is 1.65. The fourth-order valence-electron chi connectivity index (χ4n) is 1.77. The van der Waals surface area contributed by atoms with Gasteiger partial charge in [-0.1, -0.05) is 0 Å². The molecular formula is C10H19F2NO. The topological polar surface area (TPSA) is 23.5 Å². The van der Waals surface area contributed by atoms with Gasteiger partial charge in [-0.15, -0.1) is 0 Å². The van der Waals surface area contributed by atoms with Crippen LogP contribution in [0.3, 0.4) is 0 Å². The first-order valence-corrected chi connectivity index (χ1v) is 5.06. The highest BCUT2D eigenvalue weighted by molar-refractivity contribution is 4.88. The fraction of sp³-hybridized carbons (Fsp3) is 1.00. The van der Waals surface area contributed by atoms with E-state index in [1.165, 1.54) is 0 Å². The molecule has 1 fully saturated rings. The smallest absolute Gasteiger partial charge is 0.260 e. The highest BCUT2D eigenvalue weighted by atomic mass is 19.3. The molecule has 1 aliphatic heterocycles. The summed E-state index contributed by atoms with van der Waals surface area (Å²) in [6, 6.07) is 0.0467. The standard InChI is InChI=1S/C10H19F2NO/c1-8(2)13-6-9(3,14)4-5-10(11,12)7-13/h8,14H,4-7H2,1-3H3. The Morgan fingerprint density at radius 2 is 1.79 bits per heavy atom. The van der Waals surface area contributed by atoms with E-state index in [9.17, 15) is 13.9 Å². The van der Waals surface area contributed by atoms with E-state index in [0.717, 1.165) is 0 Å². The average Bonchev–Trinajstić information content (AvgIpc) is 2.08. The van der Waals surface area contributed by atoms with Crippen LogP contribution in [0.4, 0.5) is 8.78 Å². The van der Waals surface area contributed by atoms with Gasteiger partial charge in [-0.25, -0.2) is 8.78 Å². The molecule has 84 valence electrons. The molecule has 0 aliphatic carbocycles. The summed E-state index contributed by atoms with van der Waals surface area (Å²) in [6.45, 7) is 5.47. The van der Waals surface area contributed by atoms with Crippen molar-refractivity contribution in [2.75, 3.05) is 13.1 Å². The molecule has 1 N–H and O–H groups in total. The lowest BCUT2D eigenvalue weighted by Gasteiger charge is -2.31. The summed E-state index contributed by atoms with van der Waals surface area (Å²) in [7, 11) is 0. The average molecular weight is 207 g/mol. The molecule has 1 saturated heterocycles. The maximum atomic E-state index is 13.3. The Labute approximate surface area is 83.9 Å². The summed E-state index contributed by atoms with van der Waals surface area (Å²) >= 11 is 0. The van der Waals surface area contributed by atoms with Crippen LogP contribution >= 0.6 is 0 Å². The molecule has 0 bridgehead atoms. The van der Waals surface area contributed by atoms with Gasteiger partial charge in [0.2, 0.25) is 0 Å². The van der Waals surface area contributed by atoms with Crippen LogP contribution in [0.25, 0.3) is 0 Å². The van der Waals surface area contributed by atoms with Crippen LogP contribution in [0.2, 0.25) is 0 Å². The number of hydrogen-bond donors (Lipinski definition) is 1. The van der Waals surface area contributed by atoms with Crippen LogP contribution in [0, 0.1) is 0 Å². The molecule has 1 heterocycles. The van der Waals surface area contributed by atoms with Crippen LogP contribution in [0.1, 0.15) is 33.6 Å². The monoisotopic (exact) mass is 207 g/mol. The zero-order chi connectivity index (χ0) is 11.0. The summed E-state index contributed by atoms with van der Waals surface area (Å²) in [6.07, 6.45) is -0.0492. The zero-order valence-electron chi connectivity index (χ0n) is 9.06. The third-order valence-corrected chi connectivity index (χ3v) is 2.74. The van der Waals surface area contributed by atoms with Gasteiger partial charge in [0.15, 0.2) is 0 Å². The number of alkyl halides is 2. The van der Waals surface area contributed by atoms with Crippen molar-refractivity contribution in [3.63, 3.8) is 0 Å². The maximum Gasteiger partial charge on any atom is 0.260 e. The van der Waals surface area contributed by atoms with Crippen LogP contribution in [-0.4, -0.2) is 40.7 Å². The Morgan fingerprint density at radius 1 is 1.21 bits per heavy atom. The van der Waals surface area contributed by atoms with E-state index in [1.54, 1.807) is 11.8 Å². The van der Waals surface area contributed by atoms with Gasteiger partial charge in [0.05, 0.1) is 12.1 Å². The number of hydrogen-bond acceptors (Lipinski definition) is 2. The van der Waals surface area contributed by atoms with E-state index in [2.05, 4.69) is 0 Å². The fourth-order valence-corrected chi connectivity index (χ4v) is 1.77. The molecule has 0 amide bonds. The highest BCUT2D eigenvalue weighted by Gasteiger charge is 2.40. The number of halogens is 2. The Bertz CT molecular complexity index is 186. The number of likely N-dealkylation sites (tertiary alicyclic amines) is 1. The molecule has 0 aromatic rings. The molecule has 1 atom stereocenters. The summed E-state index contributed by atoms with van der Waals surface area (Å²) in [5, 5.41) is 9.83. The summed E-state index contributed by atoms with van der Waals surface area (Å²) in [5.74, 6) is -2.66. The van der Waals surface area contributed by atoms with Crippen molar-refractivity contribution < 1.29 is 13.9 Å². The third kappa shape index (κ3) is 3.17. The van der Waals surface area contributed by atoms with Crippen molar-refractivity contribution in [2.24, 2.45) is 0 Å². The van der Waals surface area contributed by atoms with Gasteiger partial charge in [-0.05, 0) is 27.2 Å². The molecule has 1 rings (SSSR count). The SMILES string of the molecule is CC(C)N1CC(C)(O)CCC(F)(F)C1. The second kappa shape index (κ2) is 3.74. The van der Waals surface area contributed by atoms with Crippen molar-refractivity contribution in [1.82, 2.24) is 4.90 Å². The van der Waals surface area contributed by atoms with Crippen molar-refractivity contribution in [1.29, 1.82) is 0 Å². The zero-order valence-corrected chi connectivity index (χ0v) is 9.06. The molecule has 0 spiro atoms. The first kappa shape index (κ1) is 11.9. The van der Waals surface area contributed by atoms with Gasteiger partial charge in [0.25, 0.3) is 5.92 Å². The highest BCUT2D eigenvalue weighted by Crippen LogP contribution is 2.31. The van der Waals surface area contributed by atoms with Gasteiger partial charge < -0.3 is 5.11 Å². The molecule has 2 nitrogen and oxygen atoms in total. The van der Waals surface area contributed by atoms with E-state index in [-0.39, 0.29) is 25.4 Å². The lowest BCUT2D eigenvalue weighted by atomic mass is 10.00. The Morgan fingerprint density at radius 3 is 2.29 bits per heavy atom. The number of nitrogens with zero attached hydrogens (tertiary/aromatic N) is 1. The van der Waals surface area contributed by atoms with Crippen molar-refractivity contribution in [3.8, 4) is 0 Å². The summed E-state index contributed by atoms with van der Waals surface area (Å²) in [5.41, 5.74) is -0.982. The van der Waals surface area contributed by atoms with Gasteiger partial charge in [-0.2, -0.15) is 0 Å². The van der Waals surface area contributed by atoms with E-state index in [1.807, 2.05) is 13.8 Å². The van der Waals surface area contributed by atoms with E-state index in [4.69, 9.17) is 0 Å². The number of aliphatic hydroxyl groups is 1. The predicted molar refractivity (Wildman–Crippen MR) is 51.5 cm³/mol. The molecule has 1 unspecified atom stereocenters. The van der Waals surface area contributed by atoms with Crippen LogP contribution < -0.4 is 0 Å². The third-order valence-electron chi connectivity index (χ3n) is 2.74. The van der Waals surface area contributed by atoms with Crippen LogP contribution in [-0.2, 0) is 0 Å². The van der Waals surface area contributed by atoms with E-state index >= 15 is 0 Å². The minimum Gasteiger partial charge on any atom is -0.389 e. The largest absolute Gasteiger partial charge is 0.389 e. The van der Waals surface area contributed by atoms with Crippen molar-refractivity contribution in [3.05, 3.63) is 0 Å². The Hall–Kier alpha value is -0.220. The first-order valence-electron chi connectivity index (χ1n) is 5.06. The van der Waals surface area contributed by atoms with Gasteiger partial charge in [0.1, 0.15) is 0 Å². The predicted octanol–water partition coefficient (Wildman–Crippen LogP) is 1.88. The Kier molecular flexibility index (Phi) is 3.17.